The van der Waals surface area contributed by atoms with Gasteiger partial charge >= 0.3 is 0 Å². The number of thioether (sulfide) groups is 1. The lowest BCUT2D eigenvalue weighted by Gasteiger charge is -2.22. The lowest BCUT2D eigenvalue weighted by Crippen LogP contribution is -2.33. The van der Waals surface area contributed by atoms with Crippen LogP contribution in [-0.2, 0) is 6.42 Å². The SMILES string of the molecule is CCC(CSC)NC1CCc2ccc(OC)cc21. The first kappa shape index (κ1) is 13.8. The van der Waals surface area contributed by atoms with Crippen LogP contribution in [0.5, 0.6) is 5.75 Å². The van der Waals surface area contributed by atoms with Gasteiger partial charge in [0.2, 0.25) is 0 Å². The highest BCUT2D eigenvalue weighted by Gasteiger charge is 2.24. The van der Waals surface area contributed by atoms with Gasteiger partial charge in [-0.25, -0.2) is 0 Å². The van der Waals surface area contributed by atoms with Crippen molar-refractivity contribution in [3.63, 3.8) is 0 Å². The zero-order valence-corrected chi connectivity index (χ0v) is 12.3. The molecule has 2 unspecified atom stereocenters. The molecular formula is C15H23NOS. The Labute approximate surface area is 114 Å². The molecule has 1 aromatic carbocycles. The second-order valence-corrected chi connectivity index (χ2v) is 5.79. The Morgan fingerprint density at radius 2 is 2.33 bits per heavy atom. The predicted octanol–water partition coefficient (Wildman–Crippen LogP) is 3.41. The maximum Gasteiger partial charge on any atom is 0.119 e. The minimum atomic E-state index is 0.507. The van der Waals surface area contributed by atoms with Gasteiger partial charge in [0.25, 0.3) is 0 Å². The zero-order valence-electron chi connectivity index (χ0n) is 11.5. The average Bonchev–Trinajstić information content (AvgIpc) is 2.80. The number of nitrogens with one attached hydrogen (secondary N) is 1. The number of benzene rings is 1. The van der Waals surface area contributed by atoms with Crippen molar-refractivity contribution in [3.05, 3.63) is 29.3 Å². The van der Waals surface area contributed by atoms with E-state index in [4.69, 9.17) is 4.74 Å². The second-order valence-electron chi connectivity index (χ2n) is 4.88. The van der Waals surface area contributed by atoms with Crippen LogP contribution in [0.15, 0.2) is 18.2 Å². The minimum absolute atomic E-state index is 0.507. The normalized spacial score (nSPS) is 19.6. The summed E-state index contributed by atoms with van der Waals surface area (Å²) in [6.45, 7) is 2.26. The molecule has 0 saturated heterocycles. The smallest absolute Gasteiger partial charge is 0.119 e. The summed E-state index contributed by atoms with van der Waals surface area (Å²) in [6, 6.07) is 7.60. The number of rotatable bonds is 6. The maximum absolute atomic E-state index is 5.33. The van der Waals surface area contributed by atoms with Crippen LogP contribution in [0, 0.1) is 0 Å². The molecule has 2 nitrogen and oxygen atoms in total. The van der Waals surface area contributed by atoms with E-state index in [0.29, 0.717) is 12.1 Å². The van der Waals surface area contributed by atoms with E-state index in [9.17, 15) is 0 Å². The van der Waals surface area contributed by atoms with Crippen molar-refractivity contribution >= 4 is 11.8 Å². The molecule has 1 aromatic rings. The summed E-state index contributed by atoms with van der Waals surface area (Å²) in [4.78, 5) is 0. The average molecular weight is 265 g/mol. The van der Waals surface area contributed by atoms with Crippen LogP contribution in [0.4, 0.5) is 0 Å². The number of ether oxygens (including phenoxy) is 1. The van der Waals surface area contributed by atoms with Crippen LogP contribution < -0.4 is 10.1 Å². The molecule has 18 heavy (non-hydrogen) atoms. The molecule has 0 fully saturated rings. The van der Waals surface area contributed by atoms with Crippen molar-refractivity contribution in [2.45, 2.75) is 38.3 Å². The Hall–Kier alpha value is -0.670. The zero-order chi connectivity index (χ0) is 13.0. The van der Waals surface area contributed by atoms with Crippen LogP contribution in [0.2, 0.25) is 0 Å². The van der Waals surface area contributed by atoms with E-state index < -0.39 is 0 Å². The van der Waals surface area contributed by atoms with Gasteiger partial charge in [-0.2, -0.15) is 11.8 Å². The van der Waals surface area contributed by atoms with Gasteiger partial charge in [-0.05, 0) is 48.8 Å². The number of aryl methyl sites for hydroxylation is 1. The molecule has 0 amide bonds. The number of hydrogen-bond donors (Lipinski definition) is 1. The van der Waals surface area contributed by atoms with E-state index in [0.717, 1.165) is 5.75 Å². The number of fused-ring (bicyclic) bond motifs is 1. The van der Waals surface area contributed by atoms with E-state index in [2.05, 4.69) is 36.7 Å². The van der Waals surface area contributed by atoms with Gasteiger partial charge in [0.05, 0.1) is 7.11 Å². The molecular weight excluding hydrogens is 242 g/mol. The predicted molar refractivity (Wildman–Crippen MR) is 79.7 cm³/mol. The van der Waals surface area contributed by atoms with Gasteiger partial charge in [0.1, 0.15) is 5.75 Å². The van der Waals surface area contributed by atoms with Crippen molar-refractivity contribution in [3.8, 4) is 5.75 Å². The molecule has 0 saturated carbocycles. The van der Waals surface area contributed by atoms with E-state index in [-0.39, 0.29) is 0 Å². The van der Waals surface area contributed by atoms with Gasteiger partial charge in [-0.3, -0.25) is 0 Å². The maximum atomic E-state index is 5.33. The third kappa shape index (κ3) is 3.01. The molecule has 0 aliphatic heterocycles. The summed E-state index contributed by atoms with van der Waals surface area (Å²) < 4.78 is 5.33. The molecule has 2 atom stereocenters. The number of hydrogen-bond acceptors (Lipinski definition) is 3. The van der Waals surface area contributed by atoms with Gasteiger partial charge in [0, 0.05) is 17.8 Å². The Balaban J connectivity index is 2.09. The summed E-state index contributed by atoms with van der Waals surface area (Å²) in [5.41, 5.74) is 2.92. The Kier molecular flexibility index (Phi) is 4.95. The van der Waals surface area contributed by atoms with Crippen molar-refractivity contribution < 1.29 is 4.74 Å². The van der Waals surface area contributed by atoms with E-state index >= 15 is 0 Å². The highest BCUT2D eigenvalue weighted by Crippen LogP contribution is 2.34. The Morgan fingerprint density at radius 3 is 3.00 bits per heavy atom. The molecule has 0 radical (unpaired) electrons. The van der Waals surface area contributed by atoms with Crippen LogP contribution in [0.25, 0.3) is 0 Å². The molecule has 3 heteroatoms. The summed E-state index contributed by atoms with van der Waals surface area (Å²) in [5.74, 6) is 2.16. The van der Waals surface area contributed by atoms with Gasteiger partial charge in [0.15, 0.2) is 0 Å². The van der Waals surface area contributed by atoms with Crippen LogP contribution in [0.3, 0.4) is 0 Å². The molecule has 1 aliphatic rings. The van der Waals surface area contributed by atoms with Crippen LogP contribution >= 0.6 is 11.8 Å². The Bertz CT molecular complexity index is 394. The topological polar surface area (TPSA) is 21.3 Å². The summed E-state index contributed by atoms with van der Waals surface area (Å²) in [7, 11) is 1.74. The highest BCUT2D eigenvalue weighted by atomic mass is 32.2. The fraction of sp³-hybridized carbons (Fsp3) is 0.600. The van der Waals surface area contributed by atoms with Crippen molar-refractivity contribution in [2.24, 2.45) is 0 Å². The van der Waals surface area contributed by atoms with E-state index in [1.807, 2.05) is 11.8 Å². The third-order valence-corrected chi connectivity index (χ3v) is 4.46. The molecule has 0 bridgehead atoms. The number of methoxy groups -OCH3 is 1. The van der Waals surface area contributed by atoms with Crippen LogP contribution in [0.1, 0.15) is 36.9 Å². The third-order valence-electron chi connectivity index (χ3n) is 3.73. The largest absolute Gasteiger partial charge is 0.497 e. The second kappa shape index (κ2) is 6.48. The van der Waals surface area contributed by atoms with E-state index in [1.54, 1.807) is 7.11 Å². The molecule has 1 aliphatic carbocycles. The van der Waals surface area contributed by atoms with Crippen molar-refractivity contribution in [1.82, 2.24) is 5.32 Å². The van der Waals surface area contributed by atoms with Gasteiger partial charge in [-0.1, -0.05) is 13.0 Å². The quantitative estimate of drug-likeness (QED) is 0.851. The molecule has 0 spiro atoms. The standard InChI is InChI=1S/C15H23NOS/c1-4-12(10-18-3)16-15-8-6-11-5-7-13(17-2)9-14(11)15/h5,7,9,12,15-16H,4,6,8,10H2,1-3H3. The molecule has 0 heterocycles. The summed E-state index contributed by atoms with van der Waals surface area (Å²) >= 11 is 1.92. The molecule has 2 rings (SSSR count). The fourth-order valence-electron chi connectivity index (χ4n) is 2.65. The van der Waals surface area contributed by atoms with Crippen molar-refractivity contribution in [1.29, 1.82) is 0 Å². The van der Waals surface area contributed by atoms with Gasteiger partial charge in [-0.15, -0.1) is 0 Å². The van der Waals surface area contributed by atoms with Crippen molar-refractivity contribution in [2.75, 3.05) is 19.1 Å². The first-order valence-electron chi connectivity index (χ1n) is 6.70. The monoisotopic (exact) mass is 265 g/mol. The molecule has 100 valence electrons. The Morgan fingerprint density at radius 1 is 1.50 bits per heavy atom. The fourth-order valence-corrected chi connectivity index (χ4v) is 3.38. The first-order valence-corrected chi connectivity index (χ1v) is 8.09. The highest BCUT2D eigenvalue weighted by molar-refractivity contribution is 7.98. The molecule has 0 aromatic heterocycles. The summed E-state index contributed by atoms with van der Waals surface area (Å²) in [5, 5.41) is 3.80. The van der Waals surface area contributed by atoms with E-state index in [1.165, 1.54) is 36.1 Å². The lowest BCUT2D eigenvalue weighted by molar-refractivity contribution is 0.411. The van der Waals surface area contributed by atoms with Gasteiger partial charge < -0.3 is 10.1 Å². The summed E-state index contributed by atoms with van der Waals surface area (Å²) in [6.07, 6.45) is 5.77. The minimum Gasteiger partial charge on any atom is -0.497 e. The molecule has 1 N–H and O–H groups in total. The van der Waals surface area contributed by atoms with Crippen LogP contribution in [-0.4, -0.2) is 25.2 Å². The first-order chi connectivity index (χ1) is 8.78. The lowest BCUT2D eigenvalue weighted by atomic mass is 10.1.